The smallest absolute Gasteiger partial charge is 0.159 e. The quantitative estimate of drug-likeness (QED) is 0.759. The van der Waals surface area contributed by atoms with Gasteiger partial charge in [-0.2, -0.15) is 0 Å². The molecule has 74 valence electrons. The maximum atomic E-state index is 13.2. The predicted octanol–water partition coefficient (Wildman–Crippen LogP) is 3.28. The molecule has 14 heavy (non-hydrogen) atoms. The summed E-state index contributed by atoms with van der Waals surface area (Å²) >= 11 is 3.23. The fourth-order valence-corrected chi connectivity index (χ4v) is 1.52. The molecule has 0 heterocycles. The number of hydrogen-bond donors (Lipinski definition) is 0. The summed E-state index contributed by atoms with van der Waals surface area (Å²) in [4.78, 5) is 11.2. The molecule has 1 aromatic carbocycles. The molecule has 0 N–H and O–H groups in total. The Labute approximate surface area is 90.8 Å². The van der Waals surface area contributed by atoms with Gasteiger partial charge in [-0.05, 0) is 36.8 Å². The van der Waals surface area contributed by atoms with Gasteiger partial charge in [-0.3, -0.25) is 4.79 Å². The minimum absolute atomic E-state index is 0.0931. The lowest BCUT2D eigenvalue weighted by molar-refractivity contribution is -0.114. The van der Waals surface area contributed by atoms with Crippen LogP contribution in [-0.2, 0) is 11.2 Å². The van der Waals surface area contributed by atoms with Crippen molar-refractivity contribution >= 4 is 21.7 Å². The second-order valence-electron chi connectivity index (χ2n) is 2.88. The average molecular weight is 257 g/mol. The molecule has 0 bridgehead atoms. The Hall–Kier alpha value is -0.960. The molecule has 0 saturated carbocycles. The van der Waals surface area contributed by atoms with Gasteiger partial charge in [-0.1, -0.05) is 22.0 Å². The molecular formula is C11H10BrFO. The van der Waals surface area contributed by atoms with Crippen LogP contribution in [0.5, 0.6) is 0 Å². The van der Waals surface area contributed by atoms with E-state index in [1.54, 1.807) is 25.1 Å². The number of carbonyl (C=O) groups is 1. The molecule has 0 aromatic heterocycles. The standard InChI is InChI=1S/C11H10BrFO/c1-2-3-10(14)7-8-6-9(12)4-5-11(8)13/h2-6H,7H2,1H3/b3-2+. The van der Waals surface area contributed by atoms with Crippen LogP contribution in [0.2, 0.25) is 0 Å². The molecular weight excluding hydrogens is 247 g/mol. The zero-order valence-corrected chi connectivity index (χ0v) is 9.34. The molecule has 0 unspecified atom stereocenters. The van der Waals surface area contributed by atoms with Crippen LogP contribution in [0, 0.1) is 5.82 Å². The number of benzene rings is 1. The highest BCUT2D eigenvalue weighted by atomic mass is 79.9. The van der Waals surface area contributed by atoms with Gasteiger partial charge in [0.15, 0.2) is 5.78 Å². The van der Waals surface area contributed by atoms with E-state index < -0.39 is 0 Å². The summed E-state index contributed by atoms with van der Waals surface area (Å²) < 4.78 is 14.0. The fraction of sp³-hybridized carbons (Fsp3) is 0.182. The predicted molar refractivity (Wildman–Crippen MR) is 57.6 cm³/mol. The van der Waals surface area contributed by atoms with Gasteiger partial charge in [0, 0.05) is 10.9 Å². The molecule has 0 aliphatic carbocycles. The number of rotatable bonds is 3. The van der Waals surface area contributed by atoms with Crippen molar-refractivity contribution in [2.75, 3.05) is 0 Å². The van der Waals surface area contributed by atoms with Gasteiger partial charge in [-0.15, -0.1) is 0 Å². The van der Waals surface area contributed by atoms with Crippen molar-refractivity contribution in [2.24, 2.45) is 0 Å². The Morgan fingerprint density at radius 1 is 1.57 bits per heavy atom. The van der Waals surface area contributed by atoms with Gasteiger partial charge in [0.1, 0.15) is 5.82 Å². The van der Waals surface area contributed by atoms with Crippen LogP contribution in [-0.4, -0.2) is 5.78 Å². The highest BCUT2D eigenvalue weighted by Gasteiger charge is 2.05. The number of halogens is 2. The van der Waals surface area contributed by atoms with Crippen LogP contribution < -0.4 is 0 Å². The second kappa shape index (κ2) is 5.05. The van der Waals surface area contributed by atoms with Crippen molar-refractivity contribution in [1.82, 2.24) is 0 Å². The van der Waals surface area contributed by atoms with E-state index >= 15 is 0 Å². The molecule has 0 radical (unpaired) electrons. The monoisotopic (exact) mass is 256 g/mol. The van der Waals surface area contributed by atoms with Crippen LogP contribution in [0.1, 0.15) is 12.5 Å². The summed E-state index contributed by atoms with van der Waals surface area (Å²) in [5.41, 5.74) is 0.419. The molecule has 0 spiro atoms. The molecule has 0 aliphatic rings. The summed E-state index contributed by atoms with van der Waals surface area (Å²) in [6.07, 6.45) is 3.20. The number of carbonyl (C=O) groups excluding carboxylic acids is 1. The minimum Gasteiger partial charge on any atom is -0.294 e. The van der Waals surface area contributed by atoms with Gasteiger partial charge in [-0.25, -0.2) is 4.39 Å². The van der Waals surface area contributed by atoms with E-state index in [0.717, 1.165) is 4.47 Å². The van der Waals surface area contributed by atoms with Crippen molar-refractivity contribution in [3.8, 4) is 0 Å². The van der Waals surface area contributed by atoms with Crippen LogP contribution >= 0.6 is 15.9 Å². The number of allylic oxidation sites excluding steroid dienone is 2. The lowest BCUT2D eigenvalue weighted by Gasteiger charge is -2.00. The maximum absolute atomic E-state index is 13.2. The topological polar surface area (TPSA) is 17.1 Å². The third kappa shape index (κ3) is 3.07. The SMILES string of the molecule is C/C=C/C(=O)Cc1cc(Br)ccc1F. The zero-order chi connectivity index (χ0) is 10.6. The van der Waals surface area contributed by atoms with Crippen molar-refractivity contribution in [3.63, 3.8) is 0 Å². The van der Waals surface area contributed by atoms with Crippen LogP contribution in [0.25, 0.3) is 0 Å². The molecule has 0 amide bonds. The summed E-state index contributed by atoms with van der Waals surface area (Å²) in [6.45, 7) is 1.76. The van der Waals surface area contributed by atoms with E-state index in [2.05, 4.69) is 15.9 Å². The Morgan fingerprint density at radius 3 is 2.93 bits per heavy atom. The van der Waals surface area contributed by atoms with E-state index in [1.807, 2.05) is 0 Å². The van der Waals surface area contributed by atoms with Crippen molar-refractivity contribution in [3.05, 3.63) is 46.2 Å². The summed E-state index contributed by atoms with van der Waals surface area (Å²) in [5.74, 6) is -0.435. The lowest BCUT2D eigenvalue weighted by Crippen LogP contribution is -2.00. The molecule has 1 aromatic rings. The van der Waals surface area contributed by atoms with Gasteiger partial charge in [0.25, 0.3) is 0 Å². The van der Waals surface area contributed by atoms with E-state index in [1.165, 1.54) is 12.1 Å². The van der Waals surface area contributed by atoms with E-state index in [9.17, 15) is 9.18 Å². The summed E-state index contributed by atoms with van der Waals surface area (Å²) in [5, 5.41) is 0. The van der Waals surface area contributed by atoms with Crippen LogP contribution in [0.4, 0.5) is 4.39 Å². The highest BCUT2D eigenvalue weighted by molar-refractivity contribution is 9.10. The van der Waals surface area contributed by atoms with Crippen molar-refractivity contribution < 1.29 is 9.18 Å². The van der Waals surface area contributed by atoms with Crippen molar-refractivity contribution in [2.45, 2.75) is 13.3 Å². The van der Waals surface area contributed by atoms with E-state index in [0.29, 0.717) is 5.56 Å². The molecule has 0 saturated heterocycles. The summed E-state index contributed by atoms with van der Waals surface area (Å²) in [7, 11) is 0. The second-order valence-corrected chi connectivity index (χ2v) is 3.79. The molecule has 3 heteroatoms. The maximum Gasteiger partial charge on any atom is 0.159 e. The van der Waals surface area contributed by atoms with Crippen LogP contribution in [0.15, 0.2) is 34.8 Å². The Balaban J connectivity index is 2.85. The largest absolute Gasteiger partial charge is 0.294 e. The van der Waals surface area contributed by atoms with Gasteiger partial charge >= 0.3 is 0 Å². The molecule has 1 nitrogen and oxygen atoms in total. The Kier molecular flexibility index (Phi) is 4.01. The summed E-state index contributed by atoms with van der Waals surface area (Å²) in [6, 6.07) is 4.58. The zero-order valence-electron chi connectivity index (χ0n) is 7.76. The number of ketones is 1. The molecule has 1 rings (SSSR count). The minimum atomic E-state index is -0.342. The average Bonchev–Trinajstić information content (AvgIpc) is 2.12. The molecule has 0 aliphatic heterocycles. The number of hydrogen-bond acceptors (Lipinski definition) is 1. The Morgan fingerprint density at radius 2 is 2.29 bits per heavy atom. The van der Waals surface area contributed by atoms with Crippen LogP contribution in [0.3, 0.4) is 0 Å². The molecule has 0 atom stereocenters. The Bertz CT molecular complexity index is 372. The van der Waals surface area contributed by atoms with Gasteiger partial charge in [0.2, 0.25) is 0 Å². The first-order valence-electron chi connectivity index (χ1n) is 4.23. The normalized spacial score (nSPS) is 10.8. The highest BCUT2D eigenvalue weighted by Crippen LogP contribution is 2.16. The van der Waals surface area contributed by atoms with E-state index in [4.69, 9.17) is 0 Å². The third-order valence-corrected chi connectivity index (χ3v) is 2.22. The first-order valence-corrected chi connectivity index (χ1v) is 5.02. The van der Waals surface area contributed by atoms with Gasteiger partial charge < -0.3 is 0 Å². The first kappa shape index (κ1) is 11.1. The first-order chi connectivity index (χ1) is 6.63. The lowest BCUT2D eigenvalue weighted by atomic mass is 10.1. The third-order valence-electron chi connectivity index (χ3n) is 1.73. The van der Waals surface area contributed by atoms with E-state index in [-0.39, 0.29) is 18.0 Å². The van der Waals surface area contributed by atoms with Gasteiger partial charge in [0.05, 0.1) is 0 Å². The fourth-order valence-electron chi connectivity index (χ4n) is 1.11. The molecule has 0 fully saturated rings. The van der Waals surface area contributed by atoms with Crippen molar-refractivity contribution in [1.29, 1.82) is 0 Å².